The van der Waals surface area contributed by atoms with Gasteiger partial charge in [0.2, 0.25) is 0 Å². The van der Waals surface area contributed by atoms with E-state index in [1.165, 1.54) is 10.8 Å². The van der Waals surface area contributed by atoms with E-state index in [9.17, 15) is 0 Å². The Morgan fingerprint density at radius 3 is 2.39 bits per heavy atom. The summed E-state index contributed by atoms with van der Waals surface area (Å²) in [6.45, 7) is 12.1. The van der Waals surface area contributed by atoms with Crippen LogP contribution in [0.15, 0.2) is 24.3 Å². The van der Waals surface area contributed by atoms with Crippen molar-refractivity contribution in [3.63, 3.8) is 0 Å². The van der Waals surface area contributed by atoms with Crippen LogP contribution in [0.1, 0.15) is 18.9 Å². The Morgan fingerprint density at radius 2 is 1.89 bits per heavy atom. The first-order valence-electron chi connectivity index (χ1n) is 6.81. The van der Waals surface area contributed by atoms with Crippen molar-refractivity contribution in [2.75, 3.05) is 13.2 Å². The van der Waals surface area contributed by atoms with E-state index in [-0.39, 0.29) is 5.54 Å². The van der Waals surface area contributed by atoms with Crippen LogP contribution in [0.3, 0.4) is 0 Å². The molecule has 1 aliphatic rings. The molecule has 1 aromatic carbocycles. The standard InChI is InChI=1S/C15H25NOSi/c1-15(9-10-17-12-15)16-11-13-5-7-14(8-6-13)18(2,3)4/h5-8,16H,9-12H2,1-4H3. The molecule has 100 valence electrons. The van der Waals surface area contributed by atoms with Crippen LogP contribution in [0.2, 0.25) is 19.6 Å². The number of rotatable bonds is 4. The molecule has 0 saturated carbocycles. The molecule has 0 amide bonds. The third-order valence-electron chi connectivity index (χ3n) is 3.76. The first-order chi connectivity index (χ1) is 8.39. The lowest BCUT2D eigenvalue weighted by Gasteiger charge is -2.24. The Morgan fingerprint density at radius 1 is 1.22 bits per heavy atom. The monoisotopic (exact) mass is 263 g/mol. The Hall–Kier alpha value is -0.643. The second-order valence-electron chi connectivity index (χ2n) is 6.66. The van der Waals surface area contributed by atoms with Gasteiger partial charge in [0.1, 0.15) is 0 Å². The van der Waals surface area contributed by atoms with Gasteiger partial charge in [0, 0.05) is 18.7 Å². The minimum absolute atomic E-state index is 0.164. The second-order valence-corrected chi connectivity index (χ2v) is 11.7. The molecule has 0 spiro atoms. The summed E-state index contributed by atoms with van der Waals surface area (Å²) in [5.74, 6) is 0. The van der Waals surface area contributed by atoms with E-state index in [1.54, 1.807) is 0 Å². The highest BCUT2D eigenvalue weighted by atomic mass is 28.3. The fourth-order valence-corrected chi connectivity index (χ4v) is 3.41. The summed E-state index contributed by atoms with van der Waals surface area (Å²) in [7, 11) is -1.16. The van der Waals surface area contributed by atoms with Gasteiger partial charge in [-0.25, -0.2) is 0 Å². The van der Waals surface area contributed by atoms with E-state index in [0.717, 1.165) is 26.2 Å². The van der Waals surface area contributed by atoms with Crippen molar-refractivity contribution >= 4 is 13.3 Å². The molecule has 0 aliphatic carbocycles. The van der Waals surface area contributed by atoms with Crippen LogP contribution in [0.4, 0.5) is 0 Å². The molecule has 18 heavy (non-hydrogen) atoms. The molecule has 1 aliphatic heterocycles. The molecule has 1 heterocycles. The van der Waals surface area contributed by atoms with Gasteiger partial charge in [-0.05, 0) is 18.9 Å². The van der Waals surface area contributed by atoms with Crippen LogP contribution in [0.25, 0.3) is 0 Å². The third-order valence-corrected chi connectivity index (χ3v) is 5.82. The van der Waals surface area contributed by atoms with E-state index < -0.39 is 8.07 Å². The number of nitrogens with one attached hydrogen (secondary N) is 1. The van der Waals surface area contributed by atoms with Crippen molar-refractivity contribution in [1.82, 2.24) is 5.32 Å². The highest BCUT2D eigenvalue weighted by molar-refractivity contribution is 6.88. The molecule has 2 nitrogen and oxygen atoms in total. The largest absolute Gasteiger partial charge is 0.379 e. The number of benzene rings is 1. The molecular weight excluding hydrogens is 238 g/mol. The van der Waals surface area contributed by atoms with E-state index in [1.807, 2.05) is 0 Å². The molecular formula is C15H25NOSi. The van der Waals surface area contributed by atoms with Crippen LogP contribution in [-0.2, 0) is 11.3 Å². The lowest BCUT2D eigenvalue weighted by molar-refractivity contribution is 0.171. The van der Waals surface area contributed by atoms with Crippen molar-refractivity contribution in [1.29, 1.82) is 0 Å². The first kappa shape index (κ1) is 13.8. The minimum atomic E-state index is -1.16. The van der Waals surface area contributed by atoms with E-state index in [2.05, 4.69) is 56.1 Å². The quantitative estimate of drug-likeness (QED) is 0.843. The fourth-order valence-electron chi connectivity index (χ4n) is 2.24. The van der Waals surface area contributed by atoms with Gasteiger partial charge in [-0.3, -0.25) is 0 Å². The summed E-state index contributed by atoms with van der Waals surface area (Å²) in [5.41, 5.74) is 1.53. The van der Waals surface area contributed by atoms with Crippen molar-refractivity contribution in [2.45, 2.75) is 45.1 Å². The van der Waals surface area contributed by atoms with Crippen LogP contribution >= 0.6 is 0 Å². The molecule has 0 bridgehead atoms. The number of hydrogen-bond donors (Lipinski definition) is 1. The molecule has 3 heteroatoms. The number of hydrogen-bond acceptors (Lipinski definition) is 2. The zero-order valence-corrected chi connectivity index (χ0v) is 13.0. The molecule has 1 fully saturated rings. The zero-order valence-electron chi connectivity index (χ0n) is 12.0. The maximum absolute atomic E-state index is 5.46. The number of ether oxygens (including phenoxy) is 1. The molecule has 2 rings (SSSR count). The summed E-state index contributed by atoms with van der Waals surface area (Å²) < 4.78 is 5.46. The molecule has 1 aromatic rings. The Labute approximate surface area is 112 Å². The summed E-state index contributed by atoms with van der Waals surface area (Å²) in [6, 6.07) is 9.13. The Bertz CT molecular complexity index is 388. The van der Waals surface area contributed by atoms with Gasteiger partial charge in [-0.15, -0.1) is 0 Å². The second kappa shape index (κ2) is 5.15. The van der Waals surface area contributed by atoms with Gasteiger partial charge in [-0.2, -0.15) is 0 Å². The average Bonchev–Trinajstić information content (AvgIpc) is 2.74. The normalized spacial score (nSPS) is 24.4. The van der Waals surface area contributed by atoms with Gasteiger partial charge < -0.3 is 10.1 Å². The highest BCUT2D eigenvalue weighted by Crippen LogP contribution is 2.18. The maximum Gasteiger partial charge on any atom is 0.0775 e. The lowest BCUT2D eigenvalue weighted by Crippen LogP contribution is -2.42. The molecule has 1 N–H and O–H groups in total. The van der Waals surface area contributed by atoms with Gasteiger partial charge in [0.05, 0.1) is 14.7 Å². The Kier molecular flexibility index (Phi) is 3.95. The first-order valence-corrected chi connectivity index (χ1v) is 10.3. The van der Waals surface area contributed by atoms with Crippen LogP contribution in [0, 0.1) is 0 Å². The van der Waals surface area contributed by atoms with Crippen LogP contribution in [-0.4, -0.2) is 26.8 Å². The fraction of sp³-hybridized carbons (Fsp3) is 0.600. The van der Waals surface area contributed by atoms with Gasteiger partial charge in [0.25, 0.3) is 0 Å². The maximum atomic E-state index is 5.46. The van der Waals surface area contributed by atoms with Gasteiger partial charge in [-0.1, -0.05) is 49.1 Å². The highest BCUT2D eigenvalue weighted by Gasteiger charge is 2.28. The SMILES string of the molecule is CC1(NCc2ccc([Si](C)(C)C)cc2)CCOC1. The summed E-state index contributed by atoms with van der Waals surface area (Å²) in [5, 5.41) is 5.15. The van der Waals surface area contributed by atoms with Gasteiger partial charge >= 0.3 is 0 Å². The average molecular weight is 263 g/mol. The van der Waals surface area contributed by atoms with Crippen LogP contribution in [0.5, 0.6) is 0 Å². The molecule has 1 atom stereocenters. The minimum Gasteiger partial charge on any atom is -0.379 e. The molecule has 0 aromatic heterocycles. The van der Waals surface area contributed by atoms with Crippen molar-refractivity contribution in [3.8, 4) is 0 Å². The third kappa shape index (κ3) is 3.43. The van der Waals surface area contributed by atoms with Crippen molar-refractivity contribution < 1.29 is 4.74 Å². The predicted molar refractivity (Wildman–Crippen MR) is 80.1 cm³/mol. The molecule has 1 saturated heterocycles. The summed E-state index contributed by atoms with van der Waals surface area (Å²) in [6.07, 6.45) is 1.11. The lowest BCUT2D eigenvalue weighted by atomic mass is 10.0. The van der Waals surface area contributed by atoms with E-state index >= 15 is 0 Å². The molecule has 1 unspecified atom stereocenters. The van der Waals surface area contributed by atoms with Gasteiger partial charge in [0.15, 0.2) is 0 Å². The summed E-state index contributed by atoms with van der Waals surface area (Å²) >= 11 is 0. The zero-order chi connectivity index (χ0) is 13.2. The van der Waals surface area contributed by atoms with Crippen molar-refractivity contribution in [2.24, 2.45) is 0 Å². The summed E-state index contributed by atoms with van der Waals surface area (Å²) in [4.78, 5) is 0. The predicted octanol–water partition coefficient (Wildman–Crippen LogP) is 2.50. The topological polar surface area (TPSA) is 21.3 Å². The van der Waals surface area contributed by atoms with Crippen molar-refractivity contribution in [3.05, 3.63) is 29.8 Å². The Balaban J connectivity index is 1.94. The van der Waals surface area contributed by atoms with E-state index in [4.69, 9.17) is 4.74 Å². The van der Waals surface area contributed by atoms with Crippen LogP contribution < -0.4 is 10.5 Å². The smallest absolute Gasteiger partial charge is 0.0775 e. The molecule has 0 radical (unpaired) electrons. The van der Waals surface area contributed by atoms with E-state index in [0.29, 0.717) is 0 Å².